The normalized spacial score (nSPS) is 11.4. The van der Waals surface area contributed by atoms with Gasteiger partial charge in [-0.25, -0.2) is 13.8 Å². The van der Waals surface area contributed by atoms with E-state index in [0.717, 1.165) is 10.5 Å². The molecule has 3 rings (SSSR count). The van der Waals surface area contributed by atoms with Crippen LogP contribution in [0.3, 0.4) is 0 Å². The van der Waals surface area contributed by atoms with Crippen LogP contribution in [-0.2, 0) is 14.8 Å². The van der Waals surface area contributed by atoms with Crippen LogP contribution >= 0.6 is 23.2 Å². The van der Waals surface area contributed by atoms with Gasteiger partial charge in [-0.1, -0.05) is 47.5 Å². The number of amides is 1. The lowest BCUT2D eigenvalue weighted by atomic mass is 10.2. The molecule has 1 amide bonds. The number of carbonyl (C=O) groups excluding carboxylic acids is 1. The molecule has 0 spiro atoms. The molecule has 0 aliphatic heterocycles. The van der Waals surface area contributed by atoms with Crippen LogP contribution in [0.5, 0.6) is 0 Å². The average Bonchev–Trinajstić information content (AvgIpc) is 2.81. The third-order valence-electron chi connectivity index (χ3n) is 4.71. The van der Waals surface area contributed by atoms with Crippen LogP contribution in [0.2, 0.25) is 10.0 Å². The summed E-state index contributed by atoms with van der Waals surface area (Å²) in [6, 6.07) is 16.2. The van der Waals surface area contributed by atoms with Gasteiger partial charge in [-0.15, -0.1) is 0 Å². The van der Waals surface area contributed by atoms with E-state index in [2.05, 4.69) is 10.5 Å². The van der Waals surface area contributed by atoms with Gasteiger partial charge in [0.15, 0.2) is 0 Å². The highest BCUT2D eigenvalue weighted by molar-refractivity contribution is 7.92. The Hall–Kier alpha value is -3.47. The summed E-state index contributed by atoms with van der Waals surface area (Å²) >= 11 is 12.2. The first-order chi connectivity index (χ1) is 16.1. The highest BCUT2D eigenvalue weighted by atomic mass is 35.5. The summed E-state index contributed by atoms with van der Waals surface area (Å²) in [4.78, 5) is 23.0. The van der Waals surface area contributed by atoms with E-state index in [4.69, 9.17) is 23.2 Å². The molecule has 1 N–H and O–H groups in total. The van der Waals surface area contributed by atoms with Crippen molar-refractivity contribution in [3.8, 4) is 0 Å². The number of hydrogen-bond acceptors (Lipinski definition) is 6. The molecule has 0 aromatic heterocycles. The van der Waals surface area contributed by atoms with Gasteiger partial charge in [0.25, 0.3) is 21.6 Å². The molecule has 3 aromatic carbocycles. The average molecular weight is 521 g/mol. The van der Waals surface area contributed by atoms with Gasteiger partial charge in [-0.05, 0) is 42.8 Å². The minimum Gasteiger partial charge on any atom is -0.271 e. The molecular formula is C22H18Cl2N4O5S. The van der Waals surface area contributed by atoms with Crippen molar-refractivity contribution in [1.82, 2.24) is 5.43 Å². The second-order valence-electron chi connectivity index (χ2n) is 6.96. The lowest BCUT2D eigenvalue weighted by molar-refractivity contribution is -0.384. The number of nitrogens with zero attached hydrogens (tertiary/aromatic N) is 3. The predicted molar refractivity (Wildman–Crippen MR) is 131 cm³/mol. The zero-order chi connectivity index (χ0) is 24.9. The van der Waals surface area contributed by atoms with Gasteiger partial charge in [0.2, 0.25) is 0 Å². The first-order valence-electron chi connectivity index (χ1n) is 9.70. The van der Waals surface area contributed by atoms with Crippen LogP contribution in [0, 0.1) is 17.0 Å². The number of anilines is 1. The molecule has 0 saturated heterocycles. The van der Waals surface area contributed by atoms with Crippen LogP contribution in [0.25, 0.3) is 0 Å². The van der Waals surface area contributed by atoms with Gasteiger partial charge in [-0.2, -0.15) is 5.10 Å². The number of hydrogen-bond donors (Lipinski definition) is 1. The second kappa shape index (κ2) is 10.6. The van der Waals surface area contributed by atoms with Crippen LogP contribution in [0.15, 0.2) is 76.7 Å². The number of nitro groups is 1. The minimum atomic E-state index is -4.12. The molecule has 0 bridgehead atoms. The Morgan fingerprint density at radius 1 is 1.09 bits per heavy atom. The molecule has 34 heavy (non-hydrogen) atoms. The topological polar surface area (TPSA) is 122 Å². The Morgan fingerprint density at radius 2 is 1.79 bits per heavy atom. The Balaban J connectivity index is 1.88. The standard InChI is InChI=1S/C22H18Cl2N4O5S/c1-15-19(23)8-5-9-21(15)27(34(32,33)18-6-3-2-4-7-18)14-22(29)26-25-13-16-12-17(28(30)31)10-11-20(16)24/h2-13H,14H2,1H3,(H,26,29)/b25-13-. The fourth-order valence-corrected chi connectivity index (χ4v) is 4.80. The molecule has 0 aliphatic carbocycles. The van der Waals surface area contributed by atoms with E-state index in [9.17, 15) is 23.3 Å². The zero-order valence-electron chi connectivity index (χ0n) is 17.7. The summed E-state index contributed by atoms with van der Waals surface area (Å²) in [6.07, 6.45) is 1.13. The first kappa shape index (κ1) is 25.2. The highest BCUT2D eigenvalue weighted by Crippen LogP contribution is 2.30. The molecule has 3 aromatic rings. The second-order valence-corrected chi connectivity index (χ2v) is 9.64. The van der Waals surface area contributed by atoms with Gasteiger partial charge in [-0.3, -0.25) is 19.2 Å². The lowest BCUT2D eigenvalue weighted by Gasteiger charge is -2.25. The molecule has 0 heterocycles. The highest BCUT2D eigenvalue weighted by Gasteiger charge is 2.28. The molecule has 12 heteroatoms. The summed E-state index contributed by atoms with van der Waals surface area (Å²) in [7, 11) is -4.12. The van der Waals surface area contributed by atoms with Crippen molar-refractivity contribution in [2.24, 2.45) is 5.10 Å². The molecular weight excluding hydrogens is 503 g/mol. The smallest absolute Gasteiger partial charge is 0.270 e. The largest absolute Gasteiger partial charge is 0.271 e. The van der Waals surface area contributed by atoms with Crippen molar-refractivity contribution < 1.29 is 18.1 Å². The Kier molecular flexibility index (Phi) is 7.87. The third kappa shape index (κ3) is 5.71. The van der Waals surface area contributed by atoms with Crippen LogP contribution < -0.4 is 9.73 Å². The number of non-ortho nitro benzene ring substituents is 1. The van der Waals surface area contributed by atoms with Crippen LogP contribution in [0.1, 0.15) is 11.1 Å². The maximum absolute atomic E-state index is 13.4. The number of benzene rings is 3. The number of nitrogens with one attached hydrogen (secondary N) is 1. The summed E-state index contributed by atoms with van der Waals surface area (Å²) < 4.78 is 27.7. The summed E-state index contributed by atoms with van der Waals surface area (Å²) in [5, 5.41) is 15.2. The maximum atomic E-state index is 13.4. The monoisotopic (exact) mass is 520 g/mol. The van der Waals surface area contributed by atoms with Gasteiger partial charge < -0.3 is 0 Å². The van der Waals surface area contributed by atoms with E-state index in [1.165, 1.54) is 30.3 Å². The van der Waals surface area contributed by atoms with E-state index >= 15 is 0 Å². The molecule has 176 valence electrons. The zero-order valence-corrected chi connectivity index (χ0v) is 20.0. The number of sulfonamides is 1. The molecule has 0 radical (unpaired) electrons. The molecule has 0 saturated carbocycles. The fraction of sp³-hybridized carbons (Fsp3) is 0.0909. The van der Waals surface area contributed by atoms with Crippen LogP contribution in [0.4, 0.5) is 11.4 Å². The number of rotatable bonds is 8. The fourth-order valence-electron chi connectivity index (χ4n) is 2.97. The summed E-state index contributed by atoms with van der Waals surface area (Å²) in [6.45, 7) is 1.05. The number of nitro benzene ring substituents is 1. The first-order valence-corrected chi connectivity index (χ1v) is 11.9. The number of halogens is 2. The minimum absolute atomic E-state index is 0.00551. The van der Waals surface area contributed by atoms with E-state index in [-0.39, 0.29) is 26.9 Å². The summed E-state index contributed by atoms with van der Waals surface area (Å²) in [5.74, 6) is -0.753. The SMILES string of the molecule is Cc1c(Cl)cccc1N(CC(=O)N/N=C\c1cc([N+](=O)[O-])ccc1Cl)S(=O)(=O)c1ccccc1. The molecule has 0 unspecified atom stereocenters. The van der Waals surface area contributed by atoms with Crippen molar-refractivity contribution in [2.45, 2.75) is 11.8 Å². The van der Waals surface area contributed by atoms with E-state index in [1.807, 2.05) is 0 Å². The molecule has 0 fully saturated rings. The summed E-state index contributed by atoms with van der Waals surface area (Å²) in [5.41, 5.74) is 2.94. The van der Waals surface area contributed by atoms with Crippen LogP contribution in [-0.4, -0.2) is 32.0 Å². The quantitative estimate of drug-likeness (QED) is 0.265. The van der Waals surface area contributed by atoms with Crippen molar-refractivity contribution >= 4 is 56.7 Å². The Labute approximate surface area is 205 Å². The Bertz CT molecular complexity index is 1360. The van der Waals surface area contributed by atoms with E-state index < -0.39 is 27.4 Å². The van der Waals surface area contributed by atoms with Crippen molar-refractivity contribution in [2.75, 3.05) is 10.8 Å². The number of carbonyl (C=O) groups is 1. The van der Waals surface area contributed by atoms with Crippen molar-refractivity contribution in [3.63, 3.8) is 0 Å². The van der Waals surface area contributed by atoms with Gasteiger partial charge in [0.1, 0.15) is 6.54 Å². The van der Waals surface area contributed by atoms with Gasteiger partial charge in [0, 0.05) is 27.7 Å². The van der Waals surface area contributed by atoms with E-state index in [1.54, 1.807) is 43.3 Å². The third-order valence-corrected chi connectivity index (χ3v) is 7.24. The molecule has 9 nitrogen and oxygen atoms in total. The molecule has 0 atom stereocenters. The predicted octanol–water partition coefficient (Wildman–Crippen LogP) is 4.56. The van der Waals surface area contributed by atoms with Gasteiger partial charge in [0.05, 0.1) is 21.7 Å². The maximum Gasteiger partial charge on any atom is 0.270 e. The lowest BCUT2D eigenvalue weighted by Crippen LogP contribution is -2.40. The number of hydrazone groups is 1. The van der Waals surface area contributed by atoms with Crippen molar-refractivity contribution in [1.29, 1.82) is 0 Å². The Morgan fingerprint density at radius 3 is 2.47 bits per heavy atom. The van der Waals surface area contributed by atoms with Gasteiger partial charge >= 0.3 is 0 Å². The van der Waals surface area contributed by atoms with Crippen molar-refractivity contribution in [3.05, 3.63) is 98.0 Å². The van der Waals surface area contributed by atoms with E-state index in [0.29, 0.717) is 10.6 Å². The molecule has 0 aliphatic rings.